The van der Waals surface area contributed by atoms with Gasteiger partial charge < -0.3 is 4.74 Å². The van der Waals surface area contributed by atoms with E-state index in [2.05, 4.69) is 0 Å². The van der Waals surface area contributed by atoms with Crippen LogP contribution in [-0.4, -0.2) is 37.8 Å². The summed E-state index contributed by atoms with van der Waals surface area (Å²) in [5.41, 5.74) is -0.937. The fraction of sp³-hybridized carbons (Fsp3) is 0.500. The fourth-order valence-corrected chi connectivity index (χ4v) is 3.38. The molecular weight excluding hydrogens is 380 g/mol. The van der Waals surface area contributed by atoms with Crippen LogP contribution >= 0.6 is 11.6 Å². The summed E-state index contributed by atoms with van der Waals surface area (Å²) in [5.74, 6) is -4.09. The summed E-state index contributed by atoms with van der Waals surface area (Å²) in [5, 5.41) is -0.130. The minimum atomic E-state index is -3.50. The molecule has 1 aromatic carbocycles. The van der Waals surface area contributed by atoms with Crippen molar-refractivity contribution < 1.29 is 27.5 Å². The number of hydrogen-bond acceptors (Lipinski definition) is 6. The van der Waals surface area contributed by atoms with Gasteiger partial charge in [-0.05, 0) is 51.8 Å². The summed E-state index contributed by atoms with van der Waals surface area (Å²) in [6, 6.07) is 3.58. The summed E-state index contributed by atoms with van der Waals surface area (Å²) in [7, 11) is -3.50. The van der Waals surface area contributed by atoms with Gasteiger partial charge in [-0.2, -0.15) is 0 Å². The lowest BCUT2D eigenvalue weighted by atomic mass is 9.91. The minimum Gasteiger partial charge on any atom is -0.459 e. The van der Waals surface area contributed by atoms with Crippen LogP contribution in [0.4, 0.5) is 0 Å². The van der Waals surface area contributed by atoms with Crippen LogP contribution in [0.25, 0.3) is 0 Å². The number of benzene rings is 1. The predicted molar refractivity (Wildman–Crippen MR) is 96.0 cm³/mol. The van der Waals surface area contributed by atoms with E-state index in [4.69, 9.17) is 16.3 Å². The third-order valence-electron chi connectivity index (χ3n) is 3.80. The average Bonchev–Trinajstić information content (AvgIpc) is 3.28. The van der Waals surface area contributed by atoms with Gasteiger partial charge in [0.1, 0.15) is 5.60 Å². The molecule has 1 atom stereocenters. The smallest absolute Gasteiger partial charge is 0.325 e. The number of sulfone groups is 1. The number of carbonyl (C=O) groups is 3. The van der Waals surface area contributed by atoms with E-state index in [0.717, 1.165) is 12.3 Å². The van der Waals surface area contributed by atoms with Crippen molar-refractivity contribution in [2.24, 2.45) is 11.8 Å². The first kappa shape index (κ1) is 20.6. The molecule has 0 N–H and O–H groups in total. The molecule has 1 saturated carbocycles. The molecule has 0 amide bonds. The standard InChI is InChI=1S/C18H21ClO6S/c1-18(2,3)25-17(22)14(15(20)10-5-6-10)16(21)12-8-7-11(9-13(12)19)26(4,23)24/h7-10,14H,5-6H2,1-4H3. The molecule has 1 fully saturated rings. The zero-order valence-corrected chi connectivity index (χ0v) is 16.6. The Morgan fingerprint density at radius 2 is 1.77 bits per heavy atom. The van der Waals surface area contributed by atoms with Crippen LogP contribution in [0, 0.1) is 11.8 Å². The highest BCUT2D eigenvalue weighted by atomic mass is 35.5. The van der Waals surface area contributed by atoms with Crippen LogP contribution in [0.3, 0.4) is 0 Å². The van der Waals surface area contributed by atoms with Crippen LogP contribution in [0.5, 0.6) is 0 Å². The van der Waals surface area contributed by atoms with Crippen molar-refractivity contribution in [1.82, 2.24) is 0 Å². The number of rotatable bonds is 6. The van der Waals surface area contributed by atoms with Gasteiger partial charge in [-0.1, -0.05) is 11.6 Å². The van der Waals surface area contributed by atoms with Gasteiger partial charge in [0.05, 0.1) is 9.92 Å². The Morgan fingerprint density at radius 1 is 1.19 bits per heavy atom. The molecule has 1 aliphatic carbocycles. The zero-order chi connectivity index (χ0) is 19.9. The van der Waals surface area contributed by atoms with Crippen LogP contribution in [-0.2, 0) is 24.2 Å². The Hall–Kier alpha value is -1.73. The Morgan fingerprint density at radius 3 is 2.19 bits per heavy atom. The third kappa shape index (κ3) is 4.92. The van der Waals surface area contributed by atoms with Gasteiger partial charge in [-0.25, -0.2) is 8.42 Å². The lowest BCUT2D eigenvalue weighted by Gasteiger charge is -2.23. The molecule has 2 rings (SSSR count). The number of ether oxygens (including phenoxy) is 1. The van der Waals surface area contributed by atoms with Crippen molar-refractivity contribution in [2.75, 3.05) is 6.26 Å². The van der Waals surface area contributed by atoms with E-state index in [1.54, 1.807) is 20.8 Å². The fourth-order valence-electron chi connectivity index (χ4n) is 2.40. The van der Waals surface area contributed by atoms with E-state index in [9.17, 15) is 22.8 Å². The van der Waals surface area contributed by atoms with Crippen molar-refractivity contribution in [3.63, 3.8) is 0 Å². The second-order valence-electron chi connectivity index (χ2n) is 7.42. The highest BCUT2D eigenvalue weighted by molar-refractivity contribution is 7.90. The van der Waals surface area contributed by atoms with E-state index >= 15 is 0 Å². The highest BCUT2D eigenvalue weighted by Gasteiger charge is 2.45. The van der Waals surface area contributed by atoms with Crippen LogP contribution < -0.4 is 0 Å². The van der Waals surface area contributed by atoms with Crippen molar-refractivity contribution in [3.05, 3.63) is 28.8 Å². The lowest BCUT2D eigenvalue weighted by Crippen LogP contribution is -2.38. The normalized spacial score (nSPS) is 16.0. The monoisotopic (exact) mass is 400 g/mol. The van der Waals surface area contributed by atoms with Gasteiger partial charge in [-0.3, -0.25) is 14.4 Å². The Labute approximate surface area is 157 Å². The second-order valence-corrected chi connectivity index (χ2v) is 9.84. The molecule has 1 aromatic rings. The van der Waals surface area contributed by atoms with Gasteiger partial charge in [0.2, 0.25) is 0 Å². The summed E-state index contributed by atoms with van der Waals surface area (Å²) < 4.78 is 28.4. The third-order valence-corrected chi connectivity index (χ3v) is 5.23. The Balaban J connectivity index is 2.40. The van der Waals surface area contributed by atoms with Crippen molar-refractivity contribution in [1.29, 1.82) is 0 Å². The van der Waals surface area contributed by atoms with Crippen LogP contribution in [0.1, 0.15) is 44.0 Å². The molecule has 6 nitrogen and oxygen atoms in total. The Kier molecular flexibility index (Phi) is 5.63. The Bertz CT molecular complexity index is 862. The summed E-state index contributed by atoms with van der Waals surface area (Å²) in [6.07, 6.45) is 2.28. The maximum absolute atomic E-state index is 12.9. The van der Waals surface area contributed by atoms with Crippen LogP contribution in [0.2, 0.25) is 5.02 Å². The summed E-state index contributed by atoms with van der Waals surface area (Å²) >= 11 is 6.06. The molecule has 0 aromatic heterocycles. The number of carbonyl (C=O) groups excluding carboxylic acids is 3. The predicted octanol–water partition coefficient (Wildman–Crippen LogP) is 2.86. The van der Waals surface area contributed by atoms with E-state index in [1.165, 1.54) is 12.1 Å². The van der Waals surface area contributed by atoms with Crippen molar-refractivity contribution in [3.8, 4) is 0 Å². The first-order chi connectivity index (χ1) is 11.8. The van der Waals surface area contributed by atoms with Gasteiger partial charge in [0.25, 0.3) is 0 Å². The van der Waals surface area contributed by atoms with E-state index < -0.39 is 38.9 Å². The number of Topliss-reactive ketones (excluding diaryl/α,β-unsaturated/α-hetero) is 2. The summed E-state index contributed by atoms with van der Waals surface area (Å²) in [6.45, 7) is 4.92. The molecule has 142 valence electrons. The lowest BCUT2D eigenvalue weighted by molar-refractivity contribution is -0.160. The molecule has 0 heterocycles. The molecule has 0 radical (unpaired) electrons. The molecule has 0 bridgehead atoms. The van der Waals surface area contributed by atoms with E-state index in [1.807, 2.05) is 0 Å². The second kappa shape index (κ2) is 7.12. The van der Waals surface area contributed by atoms with Gasteiger partial charge in [-0.15, -0.1) is 0 Å². The molecule has 26 heavy (non-hydrogen) atoms. The zero-order valence-electron chi connectivity index (χ0n) is 15.0. The first-order valence-corrected chi connectivity index (χ1v) is 10.4. The number of ketones is 2. The molecule has 8 heteroatoms. The number of esters is 1. The average molecular weight is 401 g/mol. The number of hydrogen-bond donors (Lipinski definition) is 0. The maximum Gasteiger partial charge on any atom is 0.325 e. The van der Waals surface area contributed by atoms with Crippen molar-refractivity contribution in [2.45, 2.75) is 44.1 Å². The van der Waals surface area contributed by atoms with E-state index in [-0.39, 0.29) is 21.4 Å². The van der Waals surface area contributed by atoms with Gasteiger partial charge in [0, 0.05) is 17.7 Å². The maximum atomic E-state index is 12.9. The SMILES string of the molecule is CC(C)(C)OC(=O)C(C(=O)c1ccc(S(C)(=O)=O)cc1Cl)C(=O)C1CC1. The molecule has 0 aliphatic heterocycles. The van der Waals surface area contributed by atoms with Gasteiger partial charge in [0.15, 0.2) is 27.3 Å². The van der Waals surface area contributed by atoms with Crippen molar-refractivity contribution >= 4 is 39.0 Å². The topological polar surface area (TPSA) is 94.6 Å². The molecule has 0 spiro atoms. The minimum absolute atomic E-state index is 0.0543. The first-order valence-electron chi connectivity index (χ1n) is 8.11. The quantitative estimate of drug-likeness (QED) is 0.414. The highest BCUT2D eigenvalue weighted by Crippen LogP contribution is 2.35. The molecule has 1 unspecified atom stereocenters. The number of halogens is 1. The molecular formula is C18H21ClO6S. The summed E-state index contributed by atoms with van der Waals surface area (Å²) in [4.78, 5) is 37.8. The molecule has 0 saturated heterocycles. The van der Waals surface area contributed by atoms with Crippen LogP contribution in [0.15, 0.2) is 23.1 Å². The van der Waals surface area contributed by atoms with Gasteiger partial charge >= 0.3 is 5.97 Å². The largest absolute Gasteiger partial charge is 0.459 e. The van der Waals surface area contributed by atoms with E-state index in [0.29, 0.717) is 12.8 Å². The molecule has 1 aliphatic rings.